The van der Waals surface area contributed by atoms with Crippen LogP contribution in [0.1, 0.15) is 27.3 Å². The van der Waals surface area contributed by atoms with Crippen LogP contribution in [0.4, 0.5) is 5.69 Å². The van der Waals surface area contributed by atoms with Crippen LogP contribution in [0, 0.1) is 6.92 Å². The molecule has 1 amide bonds. The Morgan fingerprint density at radius 3 is 2.79 bits per heavy atom. The van der Waals surface area contributed by atoms with Crippen molar-refractivity contribution in [2.75, 3.05) is 11.9 Å². The van der Waals surface area contributed by atoms with Gasteiger partial charge in [0.25, 0.3) is 0 Å². The number of alkyl halides is 1. The number of likely N-dealkylation sites (N-methyl/N-ethyl adjacent to an activating group) is 1. The molecule has 1 aromatic carbocycles. The van der Waals surface area contributed by atoms with Gasteiger partial charge in [-0.25, -0.2) is 0 Å². The molecule has 1 aliphatic heterocycles. The Morgan fingerprint density at radius 2 is 2.11 bits per heavy atom. The molecule has 98 valence electrons. The quantitative estimate of drug-likeness (QED) is 0.792. The molecule has 0 aliphatic carbocycles. The normalized spacial score (nSPS) is 15.7. The molecule has 0 bridgehead atoms. The number of aryl methyl sites for hydroxylation is 1. The Kier molecular flexibility index (Phi) is 2.97. The first-order valence-corrected chi connectivity index (χ1v) is 7.06. The van der Waals surface area contributed by atoms with Crippen LogP contribution < -0.4 is 4.90 Å². The van der Waals surface area contributed by atoms with Crippen LogP contribution in [0.15, 0.2) is 34.9 Å². The number of furan rings is 1. The number of benzene rings is 1. The number of hydrogen-bond donors (Lipinski definition) is 0. The van der Waals surface area contributed by atoms with E-state index in [0.717, 1.165) is 28.1 Å². The number of fused-ring (bicyclic) bond motifs is 1. The fraction of sp³-hybridized carbons (Fsp3) is 0.267. The predicted octanol–water partition coefficient (Wildman–Crippen LogP) is 3.59. The highest BCUT2D eigenvalue weighted by atomic mass is 79.9. The van der Waals surface area contributed by atoms with Crippen molar-refractivity contribution in [3.63, 3.8) is 0 Å². The van der Waals surface area contributed by atoms with Crippen molar-refractivity contribution in [1.82, 2.24) is 0 Å². The maximum Gasteiger partial charge on any atom is 0.231 e. The van der Waals surface area contributed by atoms with Gasteiger partial charge in [0.05, 0.1) is 17.5 Å². The Hall–Kier alpha value is -1.55. The van der Waals surface area contributed by atoms with Crippen LogP contribution in [0.3, 0.4) is 0 Å². The average Bonchev–Trinajstić information content (AvgIpc) is 2.94. The molecule has 0 N–H and O–H groups in total. The fourth-order valence-electron chi connectivity index (χ4n) is 2.44. The van der Waals surface area contributed by atoms with E-state index in [9.17, 15) is 4.79 Å². The fourth-order valence-corrected chi connectivity index (χ4v) is 2.96. The molecule has 3 rings (SSSR count). The number of anilines is 1. The molecule has 19 heavy (non-hydrogen) atoms. The van der Waals surface area contributed by atoms with Gasteiger partial charge in [-0.15, -0.1) is 0 Å². The first-order valence-electron chi connectivity index (χ1n) is 6.15. The lowest BCUT2D eigenvalue weighted by Crippen LogP contribution is -2.20. The molecular weight excluding hydrogens is 306 g/mol. The van der Waals surface area contributed by atoms with Crippen molar-refractivity contribution >= 4 is 27.5 Å². The monoisotopic (exact) mass is 319 g/mol. The van der Waals surface area contributed by atoms with Crippen molar-refractivity contribution in [2.45, 2.75) is 18.2 Å². The van der Waals surface area contributed by atoms with Crippen molar-refractivity contribution in [2.24, 2.45) is 0 Å². The summed E-state index contributed by atoms with van der Waals surface area (Å²) in [5.74, 6) is 1.05. The highest BCUT2D eigenvalue weighted by Gasteiger charge is 2.25. The molecule has 1 aromatic heterocycles. The van der Waals surface area contributed by atoms with Crippen LogP contribution in [-0.2, 0) is 11.2 Å². The first-order chi connectivity index (χ1) is 9.06. The summed E-state index contributed by atoms with van der Waals surface area (Å²) >= 11 is 3.69. The largest absolute Gasteiger partial charge is 0.469 e. The second kappa shape index (κ2) is 4.53. The van der Waals surface area contributed by atoms with Crippen LogP contribution in [0.5, 0.6) is 0 Å². The molecule has 0 saturated carbocycles. The number of carbonyl (C=O) groups is 1. The van der Waals surface area contributed by atoms with E-state index in [1.54, 1.807) is 11.2 Å². The minimum absolute atomic E-state index is 0.0938. The van der Waals surface area contributed by atoms with E-state index in [4.69, 9.17) is 4.42 Å². The van der Waals surface area contributed by atoms with Gasteiger partial charge in [-0.3, -0.25) is 4.79 Å². The molecule has 1 atom stereocenters. The molecule has 0 spiro atoms. The van der Waals surface area contributed by atoms with E-state index in [0.29, 0.717) is 6.42 Å². The van der Waals surface area contributed by atoms with Gasteiger partial charge in [0.2, 0.25) is 5.91 Å². The highest BCUT2D eigenvalue weighted by Crippen LogP contribution is 2.36. The van der Waals surface area contributed by atoms with Crippen molar-refractivity contribution in [1.29, 1.82) is 0 Å². The molecule has 2 aromatic rings. The number of nitrogens with zero attached hydrogens (tertiary/aromatic N) is 1. The third-order valence-corrected chi connectivity index (χ3v) is 4.57. The summed E-state index contributed by atoms with van der Waals surface area (Å²) in [5.41, 5.74) is 4.34. The van der Waals surface area contributed by atoms with Gasteiger partial charge < -0.3 is 9.32 Å². The minimum Gasteiger partial charge on any atom is -0.469 e. The SMILES string of the molecule is Cc1cc(C(Br)c2ccc3c(c2)CC(=O)N3C)co1. The van der Waals surface area contributed by atoms with Gasteiger partial charge in [0.15, 0.2) is 0 Å². The highest BCUT2D eigenvalue weighted by molar-refractivity contribution is 9.09. The summed E-state index contributed by atoms with van der Waals surface area (Å²) in [5, 5.41) is 0. The Morgan fingerprint density at radius 1 is 1.32 bits per heavy atom. The third kappa shape index (κ3) is 2.10. The molecule has 0 saturated heterocycles. The third-order valence-electron chi connectivity index (χ3n) is 3.52. The van der Waals surface area contributed by atoms with Crippen molar-refractivity contribution < 1.29 is 9.21 Å². The van der Waals surface area contributed by atoms with E-state index in [1.807, 2.05) is 26.1 Å². The Bertz CT molecular complexity index is 647. The second-order valence-electron chi connectivity index (χ2n) is 4.87. The summed E-state index contributed by atoms with van der Waals surface area (Å²) < 4.78 is 5.34. The number of rotatable bonds is 2. The average molecular weight is 320 g/mol. The van der Waals surface area contributed by atoms with Gasteiger partial charge in [-0.1, -0.05) is 28.1 Å². The van der Waals surface area contributed by atoms with Gasteiger partial charge in [0.1, 0.15) is 5.76 Å². The lowest BCUT2D eigenvalue weighted by Gasteiger charge is -2.12. The van der Waals surface area contributed by atoms with E-state index in [1.165, 1.54) is 0 Å². The maximum atomic E-state index is 11.7. The standard InChI is InChI=1S/C15H14BrNO2/c1-9-5-12(8-19-9)15(16)10-3-4-13-11(6-10)7-14(18)17(13)2/h3-6,8,15H,7H2,1-2H3. The molecular formula is C15H14BrNO2. The van der Waals surface area contributed by atoms with Gasteiger partial charge in [-0.05, 0) is 30.2 Å². The van der Waals surface area contributed by atoms with Crippen molar-refractivity contribution in [3.8, 4) is 0 Å². The zero-order valence-corrected chi connectivity index (χ0v) is 12.4. The number of amides is 1. The smallest absolute Gasteiger partial charge is 0.231 e. The number of carbonyl (C=O) groups excluding carboxylic acids is 1. The van der Waals surface area contributed by atoms with E-state index in [-0.39, 0.29) is 10.7 Å². The van der Waals surface area contributed by atoms with Crippen LogP contribution in [0.25, 0.3) is 0 Å². The topological polar surface area (TPSA) is 33.5 Å². The summed E-state index contributed by atoms with van der Waals surface area (Å²) in [7, 11) is 1.82. The molecule has 1 aliphatic rings. The molecule has 0 radical (unpaired) electrons. The minimum atomic E-state index is 0.0938. The Balaban J connectivity index is 1.95. The molecule has 3 nitrogen and oxygen atoms in total. The van der Waals surface area contributed by atoms with Gasteiger partial charge in [-0.2, -0.15) is 0 Å². The predicted molar refractivity (Wildman–Crippen MR) is 77.8 cm³/mol. The zero-order chi connectivity index (χ0) is 13.6. The first kappa shape index (κ1) is 12.5. The van der Waals surface area contributed by atoms with E-state index in [2.05, 4.69) is 28.1 Å². The number of halogens is 1. The van der Waals surface area contributed by atoms with Crippen LogP contribution >= 0.6 is 15.9 Å². The lowest BCUT2D eigenvalue weighted by molar-refractivity contribution is -0.117. The van der Waals surface area contributed by atoms with E-state index < -0.39 is 0 Å². The summed E-state index contributed by atoms with van der Waals surface area (Å²) in [6.07, 6.45) is 2.25. The van der Waals surface area contributed by atoms with Crippen LogP contribution in [-0.4, -0.2) is 13.0 Å². The molecule has 2 heterocycles. The molecule has 4 heteroatoms. The second-order valence-corrected chi connectivity index (χ2v) is 5.79. The van der Waals surface area contributed by atoms with E-state index >= 15 is 0 Å². The van der Waals surface area contributed by atoms with Gasteiger partial charge in [0, 0.05) is 18.3 Å². The molecule has 1 unspecified atom stereocenters. The van der Waals surface area contributed by atoms with Gasteiger partial charge >= 0.3 is 0 Å². The lowest BCUT2D eigenvalue weighted by atomic mass is 10.0. The number of hydrogen-bond acceptors (Lipinski definition) is 2. The summed E-state index contributed by atoms with van der Waals surface area (Å²) in [4.78, 5) is 13.5. The Labute approximate surface area is 120 Å². The van der Waals surface area contributed by atoms with Crippen LogP contribution in [0.2, 0.25) is 0 Å². The molecule has 0 fully saturated rings. The maximum absolute atomic E-state index is 11.7. The summed E-state index contributed by atoms with van der Waals surface area (Å²) in [6, 6.07) is 8.18. The summed E-state index contributed by atoms with van der Waals surface area (Å²) in [6.45, 7) is 1.93. The van der Waals surface area contributed by atoms with Crippen molar-refractivity contribution in [3.05, 3.63) is 53.0 Å². The zero-order valence-electron chi connectivity index (χ0n) is 10.8.